The van der Waals surface area contributed by atoms with Crippen LogP contribution in [-0.2, 0) is 11.3 Å². The molecule has 144 valence electrons. The lowest BCUT2D eigenvalue weighted by Gasteiger charge is -2.33. The van der Waals surface area contributed by atoms with Crippen LogP contribution in [0.15, 0.2) is 41.3 Å². The Morgan fingerprint density at radius 1 is 1.33 bits per heavy atom. The van der Waals surface area contributed by atoms with E-state index < -0.39 is 0 Å². The van der Waals surface area contributed by atoms with Gasteiger partial charge in [-0.15, -0.1) is 0 Å². The molecule has 1 aliphatic heterocycles. The first-order valence-corrected chi connectivity index (χ1v) is 9.80. The third-order valence-electron chi connectivity index (χ3n) is 4.82. The average Bonchev–Trinajstić information content (AvgIpc) is 2.70. The summed E-state index contributed by atoms with van der Waals surface area (Å²) in [6, 6.07) is 9.67. The second-order valence-corrected chi connectivity index (χ2v) is 7.25. The number of piperidine rings is 1. The van der Waals surface area contributed by atoms with Crippen molar-refractivity contribution in [2.24, 2.45) is 5.92 Å². The summed E-state index contributed by atoms with van der Waals surface area (Å²) in [7, 11) is 0. The van der Waals surface area contributed by atoms with Gasteiger partial charge >= 0.3 is 0 Å². The summed E-state index contributed by atoms with van der Waals surface area (Å²) in [4.78, 5) is 26.9. The molecule has 1 saturated heterocycles. The number of carbonyl (C=O) groups is 1. The van der Waals surface area contributed by atoms with Crippen molar-refractivity contribution in [2.75, 3.05) is 24.5 Å². The molecule has 2 aromatic rings. The van der Waals surface area contributed by atoms with Crippen LogP contribution in [0, 0.1) is 5.92 Å². The van der Waals surface area contributed by atoms with Gasteiger partial charge in [-0.1, -0.05) is 48.9 Å². The first-order chi connectivity index (χ1) is 13.1. The van der Waals surface area contributed by atoms with E-state index in [-0.39, 0.29) is 22.4 Å². The summed E-state index contributed by atoms with van der Waals surface area (Å²) in [5, 5.41) is 7.43. The minimum Gasteiger partial charge on any atom is -0.368 e. The molecule has 0 bridgehead atoms. The van der Waals surface area contributed by atoms with Crippen molar-refractivity contribution in [1.82, 2.24) is 15.1 Å². The van der Waals surface area contributed by atoms with E-state index in [4.69, 9.17) is 11.6 Å². The predicted octanol–water partition coefficient (Wildman–Crippen LogP) is 2.69. The normalized spacial score (nSPS) is 17.0. The highest BCUT2D eigenvalue weighted by Gasteiger charge is 2.27. The van der Waals surface area contributed by atoms with Crippen molar-refractivity contribution in [1.29, 1.82) is 0 Å². The Labute approximate surface area is 164 Å². The van der Waals surface area contributed by atoms with Gasteiger partial charge in [0.15, 0.2) is 0 Å². The number of hydrogen-bond donors (Lipinski definition) is 1. The number of rotatable bonds is 6. The SMILES string of the molecule is CCCNC(=O)C1CCCN(c2cnn(Cc3ccccc3)c(=O)c2Cl)C1. The number of aromatic nitrogens is 2. The number of carbonyl (C=O) groups excluding carboxylic acids is 1. The van der Waals surface area contributed by atoms with Crippen molar-refractivity contribution >= 4 is 23.2 Å². The van der Waals surface area contributed by atoms with Gasteiger partial charge < -0.3 is 10.2 Å². The molecular formula is C20H25ClN4O2. The summed E-state index contributed by atoms with van der Waals surface area (Å²) in [5.74, 6) is -0.0174. The predicted molar refractivity (Wildman–Crippen MR) is 107 cm³/mol. The van der Waals surface area contributed by atoms with Crippen LogP contribution in [0.2, 0.25) is 5.02 Å². The number of nitrogens with zero attached hydrogens (tertiary/aromatic N) is 3. The highest BCUT2D eigenvalue weighted by molar-refractivity contribution is 6.33. The van der Waals surface area contributed by atoms with Crippen LogP contribution < -0.4 is 15.8 Å². The average molecular weight is 389 g/mol. The molecule has 0 aliphatic carbocycles. The lowest BCUT2D eigenvalue weighted by Crippen LogP contribution is -2.44. The number of halogens is 1. The number of benzene rings is 1. The number of nitrogens with one attached hydrogen (secondary N) is 1. The van der Waals surface area contributed by atoms with Gasteiger partial charge in [-0.3, -0.25) is 9.59 Å². The molecule has 7 heteroatoms. The zero-order valence-electron chi connectivity index (χ0n) is 15.5. The molecule has 0 saturated carbocycles. The van der Waals surface area contributed by atoms with Gasteiger partial charge in [0, 0.05) is 19.6 Å². The van der Waals surface area contributed by atoms with Crippen molar-refractivity contribution < 1.29 is 4.79 Å². The molecule has 0 radical (unpaired) electrons. The second kappa shape index (κ2) is 9.04. The zero-order valence-corrected chi connectivity index (χ0v) is 16.3. The van der Waals surface area contributed by atoms with E-state index in [0.29, 0.717) is 25.3 Å². The van der Waals surface area contributed by atoms with Gasteiger partial charge in [0.25, 0.3) is 5.56 Å². The molecule has 6 nitrogen and oxygen atoms in total. The first-order valence-electron chi connectivity index (χ1n) is 9.42. The maximum Gasteiger partial charge on any atom is 0.287 e. The molecule has 0 spiro atoms. The smallest absolute Gasteiger partial charge is 0.287 e. The highest BCUT2D eigenvalue weighted by Crippen LogP contribution is 2.27. The number of amides is 1. The van der Waals surface area contributed by atoms with Crippen molar-refractivity contribution in [3.63, 3.8) is 0 Å². The van der Waals surface area contributed by atoms with E-state index in [9.17, 15) is 9.59 Å². The Morgan fingerprint density at radius 3 is 2.85 bits per heavy atom. The summed E-state index contributed by atoms with van der Waals surface area (Å²) in [6.45, 7) is 4.42. The first kappa shape index (κ1) is 19.4. The fraction of sp³-hybridized carbons (Fsp3) is 0.450. The van der Waals surface area contributed by atoms with E-state index in [1.54, 1.807) is 6.20 Å². The summed E-state index contributed by atoms with van der Waals surface area (Å²) in [5.41, 5.74) is 1.29. The Bertz CT molecular complexity index is 838. The molecule has 2 heterocycles. The monoisotopic (exact) mass is 388 g/mol. The van der Waals surface area contributed by atoms with Crippen LogP contribution >= 0.6 is 11.6 Å². The molecule has 1 fully saturated rings. The summed E-state index contributed by atoms with van der Waals surface area (Å²) >= 11 is 6.39. The van der Waals surface area contributed by atoms with E-state index >= 15 is 0 Å². The largest absolute Gasteiger partial charge is 0.368 e. The Morgan fingerprint density at radius 2 is 2.11 bits per heavy atom. The maximum absolute atomic E-state index is 12.7. The molecule has 1 atom stereocenters. The van der Waals surface area contributed by atoms with Crippen molar-refractivity contribution in [3.8, 4) is 0 Å². The topological polar surface area (TPSA) is 67.2 Å². The molecule has 1 amide bonds. The van der Waals surface area contributed by atoms with Gasteiger partial charge in [-0.05, 0) is 24.8 Å². The quantitative estimate of drug-likeness (QED) is 0.826. The highest BCUT2D eigenvalue weighted by atomic mass is 35.5. The fourth-order valence-corrected chi connectivity index (χ4v) is 3.61. The minimum atomic E-state index is -0.310. The molecule has 3 rings (SSSR count). The molecule has 1 aromatic heterocycles. The lowest BCUT2D eigenvalue weighted by atomic mass is 9.97. The molecule has 1 aliphatic rings. The van der Waals surface area contributed by atoms with E-state index in [1.807, 2.05) is 42.2 Å². The molecule has 1 N–H and O–H groups in total. The van der Waals surface area contributed by atoms with Crippen LogP contribution in [-0.4, -0.2) is 35.3 Å². The third-order valence-corrected chi connectivity index (χ3v) is 5.18. The van der Waals surface area contributed by atoms with Gasteiger partial charge in [0.05, 0.1) is 24.3 Å². The molecule has 1 unspecified atom stereocenters. The van der Waals surface area contributed by atoms with E-state index in [1.165, 1.54) is 4.68 Å². The lowest BCUT2D eigenvalue weighted by molar-refractivity contribution is -0.125. The van der Waals surface area contributed by atoms with Gasteiger partial charge in [-0.25, -0.2) is 4.68 Å². The van der Waals surface area contributed by atoms with Gasteiger partial charge in [-0.2, -0.15) is 5.10 Å². The summed E-state index contributed by atoms with van der Waals surface area (Å²) in [6.07, 6.45) is 4.28. The molecule has 27 heavy (non-hydrogen) atoms. The van der Waals surface area contributed by atoms with Crippen LogP contribution in [0.5, 0.6) is 0 Å². The van der Waals surface area contributed by atoms with E-state index in [0.717, 1.165) is 31.4 Å². The Kier molecular flexibility index (Phi) is 6.50. The third kappa shape index (κ3) is 4.69. The number of hydrogen-bond acceptors (Lipinski definition) is 4. The van der Waals surface area contributed by atoms with Gasteiger partial charge in [0.1, 0.15) is 5.02 Å². The summed E-state index contributed by atoms with van der Waals surface area (Å²) < 4.78 is 1.37. The zero-order chi connectivity index (χ0) is 19.2. The Hall–Kier alpha value is -2.34. The molecular weight excluding hydrogens is 364 g/mol. The van der Waals surface area contributed by atoms with Crippen LogP contribution in [0.1, 0.15) is 31.7 Å². The second-order valence-electron chi connectivity index (χ2n) is 6.87. The fourth-order valence-electron chi connectivity index (χ4n) is 3.35. The van der Waals surface area contributed by atoms with Crippen LogP contribution in [0.3, 0.4) is 0 Å². The van der Waals surface area contributed by atoms with Gasteiger partial charge in [0.2, 0.25) is 5.91 Å². The van der Waals surface area contributed by atoms with Crippen molar-refractivity contribution in [3.05, 3.63) is 57.5 Å². The van der Waals surface area contributed by atoms with E-state index in [2.05, 4.69) is 10.4 Å². The van der Waals surface area contributed by atoms with Crippen molar-refractivity contribution in [2.45, 2.75) is 32.7 Å². The van der Waals surface area contributed by atoms with Crippen LogP contribution in [0.4, 0.5) is 5.69 Å². The van der Waals surface area contributed by atoms with Crippen LogP contribution in [0.25, 0.3) is 0 Å². The number of anilines is 1. The minimum absolute atomic E-state index is 0.0723. The Balaban J connectivity index is 1.75. The standard InChI is InChI=1S/C20H25ClN4O2/c1-2-10-22-19(26)16-9-6-11-24(14-16)17-12-23-25(20(27)18(17)21)13-15-7-4-3-5-8-15/h3-5,7-8,12,16H,2,6,9-11,13-14H2,1H3,(H,22,26). The molecule has 1 aromatic carbocycles. The maximum atomic E-state index is 12.7.